The molecular weight excluding hydrogens is 194 g/mol. The Morgan fingerprint density at radius 1 is 1.00 bits per heavy atom. The minimum atomic E-state index is 1.08. The van der Waals surface area contributed by atoms with Crippen LogP contribution in [0, 0.1) is 0 Å². The van der Waals surface area contributed by atoms with Gasteiger partial charge in [0.2, 0.25) is 0 Å². The fourth-order valence-corrected chi connectivity index (χ4v) is 1.64. The number of hydrogen-bond donors (Lipinski definition) is 1. The van der Waals surface area contributed by atoms with Crippen LogP contribution in [0.1, 0.15) is 39.0 Å². The Kier molecular flexibility index (Phi) is 7.23. The quantitative estimate of drug-likeness (QED) is 0.494. The first-order valence-corrected chi connectivity index (χ1v) is 6.37. The van der Waals surface area contributed by atoms with Gasteiger partial charge in [0.25, 0.3) is 0 Å². The van der Waals surface area contributed by atoms with Gasteiger partial charge in [0.05, 0.1) is 0 Å². The van der Waals surface area contributed by atoms with Gasteiger partial charge in [-0.15, -0.1) is 0 Å². The third-order valence-electron chi connectivity index (χ3n) is 2.55. The Morgan fingerprint density at radius 3 is 2.56 bits per heavy atom. The molecular formula is C15H23N. The summed E-state index contributed by atoms with van der Waals surface area (Å²) in [6.45, 7) is 3.27. The highest BCUT2D eigenvalue weighted by Gasteiger charge is 1.90. The van der Waals surface area contributed by atoms with E-state index in [1.165, 1.54) is 31.4 Å². The molecule has 0 radical (unpaired) electrons. The maximum Gasteiger partial charge on any atom is 0.0340 e. The van der Waals surface area contributed by atoms with Crippen LogP contribution in [0.2, 0.25) is 0 Å². The second-order valence-corrected chi connectivity index (χ2v) is 4.02. The van der Waals surface area contributed by atoms with E-state index in [4.69, 9.17) is 0 Å². The highest BCUT2D eigenvalue weighted by atomic mass is 14.9. The van der Waals surface area contributed by atoms with Crippen molar-refractivity contribution in [3.8, 4) is 0 Å². The summed E-state index contributed by atoms with van der Waals surface area (Å²) in [6, 6.07) is 10.4. The average Bonchev–Trinajstić information content (AvgIpc) is 2.34. The summed E-state index contributed by atoms with van der Waals surface area (Å²) in [5.41, 5.74) is 1.23. The third-order valence-corrected chi connectivity index (χ3v) is 2.55. The van der Waals surface area contributed by atoms with Crippen molar-refractivity contribution < 1.29 is 0 Å². The molecule has 0 bridgehead atoms. The van der Waals surface area contributed by atoms with E-state index in [1.54, 1.807) is 0 Å². The van der Waals surface area contributed by atoms with E-state index in [9.17, 15) is 0 Å². The van der Waals surface area contributed by atoms with Crippen LogP contribution in [0.5, 0.6) is 0 Å². The van der Waals surface area contributed by atoms with Crippen molar-refractivity contribution >= 4 is 5.69 Å². The Balaban J connectivity index is 1.94. The molecule has 0 atom stereocenters. The Labute approximate surface area is 99.6 Å². The molecule has 0 heterocycles. The Morgan fingerprint density at radius 2 is 1.81 bits per heavy atom. The van der Waals surface area contributed by atoms with Crippen LogP contribution in [0.4, 0.5) is 5.69 Å². The first kappa shape index (κ1) is 12.8. The molecule has 0 aromatic heterocycles. The maximum absolute atomic E-state index is 3.43. The topological polar surface area (TPSA) is 12.0 Å². The maximum atomic E-state index is 3.43. The molecule has 0 saturated carbocycles. The van der Waals surface area contributed by atoms with Crippen molar-refractivity contribution in [3.63, 3.8) is 0 Å². The molecule has 1 aromatic rings. The van der Waals surface area contributed by atoms with Gasteiger partial charge in [-0.3, -0.25) is 0 Å². The van der Waals surface area contributed by atoms with E-state index in [0.29, 0.717) is 0 Å². The normalized spacial score (nSPS) is 10.8. The molecule has 1 aromatic carbocycles. The lowest BCUT2D eigenvalue weighted by Gasteiger charge is -2.05. The SMILES string of the molecule is CC/C=C/CCCCCNc1ccccc1. The first-order valence-electron chi connectivity index (χ1n) is 6.37. The molecule has 0 aliphatic heterocycles. The molecule has 16 heavy (non-hydrogen) atoms. The molecule has 0 spiro atoms. The third kappa shape index (κ3) is 6.28. The molecule has 1 nitrogen and oxygen atoms in total. The summed E-state index contributed by atoms with van der Waals surface area (Å²) in [6.07, 6.45) is 10.8. The van der Waals surface area contributed by atoms with Gasteiger partial charge < -0.3 is 5.32 Å². The van der Waals surface area contributed by atoms with Gasteiger partial charge in [0.1, 0.15) is 0 Å². The predicted octanol–water partition coefficient (Wildman–Crippen LogP) is 4.63. The van der Waals surface area contributed by atoms with Crippen molar-refractivity contribution in [2.24, 2.45) is 0 Å². The predicted molar refractivity (Wildman–Crippen MR) is 72.8 cm³/mol. The van der Waals surface area contributed by atoms with E-state index < -0.39 is 0 Å². The minimum Gasteiger partial charge on any atom is -0.385 e. The Hall–Kier alpha value is -1.24. The molecule has 1 rings (SSSR count). The van der Waals surface area contributed by atoms with Gasteiger partial charge in [-0.1, -0.05) is 43.7 Å². The van der Waals surface area contributed by atoms with Gasteiger partial charge in [-0.2, -0.15) is 0 Å². The van der Waals surface area contributed by atoms with Crippen LogP contribution in [0.25, 0.3) is 0 Å². The van der Waals surface area contributed by atoms with E-state index in [1.807, 2.05) is 6.07 Å². The molecule has 0 fully saturated rings. The lowest BCUT2D eigenvalue weighted by Crippen LogP contribution is -2.00. The number of nitrogens with one attached hydrogen (secondary N) is 1. The molecule has 0 unspecified atom stereocenters. The van der Waals surface area contributed by atoms with Crippen molar-refractivity contribution in [2.75, 3.05) is 11.9 Å². The average molecular weight is 217 g/mol. The molecule has 88 valence electrons. The number of allylic oxidation sites excluding steroid dienone is 2. The van der Waals surface area contributed by atoms with Crippen molar-refractivity contribution in [2.45, 2.75) is 39.0 Å². The molecule has 0 aliphatic rings. The summed E-state index contributed by atoms with van der Waals surface area (Å²) in [5.74, 6) is 0. The monoisotopic (exact) mass is 217 g/mol. The number of para-hydroxylation sites is 1. The first-order chi connectivity index (χ1) is 7.93. The van der Waals surface area contributed by atoms with Crippen LogP contribution >= 0.6 is 0 Å². The second-order valence-electron chi connectivity index (χ2n) is 4.02. The highest BCUT2D eigenvalue weighted by Crippen LogP contribution is 2.06. The standard InChI is InChI=1S/C15H23N/c1-2-3-4-5-6-7-11-14-16-15-12-9-8-10-13-15/h3-4,8-10,12-13,16H,2,5-7,11,14H2,1H3/b4-3+. The van der Waals surface area contributed by atoms with E-state index in [-0.39, 0.29) is 0 Å². The summed E-state index contributed by atoms with van der Waals surface area (Å²) in [5, 5.41) is 3.43. The van der Waals surface area contributed by atoms with Gasteiger partial charge in [0, 0.05) is 12.2 Å². The van der Waals surface area contributed by atoms with Gasteiger partial charge in [0.15, 0.2) is 0 Å². The van der Waals surface area contributed by atoms with Crippen molar-refractivity contribution in [3.05, 3.63) is 42.5 Å². The van der Waals surface area contributed by atoms with Crippen molar-refractivity contribution in [1.29, 1.82) is 0 Å². The number of unbranched alkanes of at least 4 members (excludes halogenated alkanes) is 3. The number of benzene rings is 1. The van der Waals surface area contributed by atoms with Crippen molar-refractivity contribution in [1.82, 2.24) is 0 Å². The summed E-state index contributed by atoms with van der Waals surface area (Å²) in [4.78, 5) is 0. The molecule has 0 aliphatic carbocycles. The zero-order valence-corrected chi connectivity index (χ0v) is 10.3. The van der Waals surface area contributed by atoms with E-state index >= 15 is 0 Å². The van der Waals surface area contributed by atoms with Crippen LogP contribution in [0.3, 0.4) is 0 Å². The Bertz CT molecular complexity index is 277. The van der Waals surface area contributed by atoms with Crippen LogP contribution in [0.15, 0.2) is 42.5 Å². The fraction of sp³-hybridized carbons (Fsp3) is 0.467. The van der Waals surface area contributed by atoms with Crippen LogP contribution in [-0.2, 0) is 0 Å². The lowest BCUT2D eigenvalue weighted by atomic mass is 10.2. The number of anilines is 1. The van der Waals surface area contributed by atoms with Gasteiger partial charge >= 0.3 is 0 Å². The molecule has 1 heteroatoms. The van der Waals surface area contributed by atoms with Crippen LogP contribution < -0.4 is 5.32 Å². The van der Waals surface area contributed by atoms with E-state index in [0.717, 1.165) is 13.0 Å². The lowest BCUT2D eigenvalue weighted by molar-refractivity contribution is 0.707. The molecule has 1 N–H and O–H groups in total. The zero-order chi connectivity index (χ0) is 11.5. The van der Waals surface area contributed by atoms with Gasteiger partial charge in [-0.05, 0) is 37.8 Å². The van der Waals surface area contributed by atoms with Crippen LogP contribution in [-0.4, -0.2) is 6.54 Å². The second kappa shape index (κ2) is 9.02. The molecule has 0 saturated heterocycles. The fourth-order valence-electron chi connectivity index (χ4n) is 1.64. The summed E-state index contributed by atoms with van der Waals surface area (Å²) < 4.78 is 0. The summed E-state index contributed by atoms with van der Waals surface area (Å²) in [7, 11) is 0. The largest absolute Gasteiger partial charge is 0.385 e. The minimum absolute atomic E-state index is 1.08. The zero-order valence-electron chi connectivity index (χ0n) is 10.3. The number of rotatable bonds is 8. The number of hydrogen-bond acceptors (Lipinski definition) is 1. The summed E-state index contributed by atoms with van der Waals surface area (Å²) >= 11 is 0. The molecule has 0 amide bonds. The smallest absolute Gasteiger partial charge is 0.0340 e. The van der Waals surface area contributed by atoms with Gasteiger partial charge in [-0.25, -0.2) is 0 Å². The highest BCUT2D eigenvalue weighted by molar-refractivity contribution is 5.42. The van der Waals surface area contributed by atoms with E-state index in [2.05, 4.69) is 48.7 Å².